The molecule has 0 unspecified atom stereocenters. The van der Waals surface area contributed by atoms with Crippen molar-refractivity contribution in [2.75, 3.05) is 24.4 Å². The second-order valence-corrected chi connectivity index (χ2v) is 7.28. The summed E-state index contributed by atoms with van der Waals surface area (Å²) in [5.41, 5.74) is 0.691. The minimum absolute atomic E-state index is 0.0563. The number of aromatic nitrogens is 4. The van der Waals surface area contributed by atoms with Crippen LogP contribution in [-0.2, 0) is 17.8 Å². The van der Waals surface area contributed by atoms with Crippen molar-refractivity contribution in [2.45, 2.75) is 32.9 Å². The summed E-state index contributed by atoms with van der Waals surface area (Å²) in [7, 11) is 1.50. The summed E-state index contributed by atoms with van der Waals surface area (Å²) >= 11 is 0. The van der Waals surface area contributed by atoms with Crippen LogP contribution in [0.1, 0.15) is 41.5 Å². The third-order valence-corrected chi connectivity index (χ3v) is 4.71. The minimum Gasteiger partial charge on any atom is -0.383 e. The fourth-order valence-electron chi connectivity index (χ4n) is 2.97. The van der Waals surface area contributed by atoms with E-state index in [1.165, 1.54) is 11.7 Å². The maximum Gasteiger partial charge on any atom is 0.330 e. The molecule has 0 radical (unpaired) electrons. The molecule has 2 heterocycles. The average Bonchev–Trinajstić information content (AvgIpc) is 3.25. The van der Waals surface area contributed by atoms with E-state index in [0.717, 1.165) is 11.3 Å². The molecule has 0 fully saturated rings. The highest BCUT2D eigenvalue weighted by Crippen LogP contribution is 2.18. The van der Waals surface area contributed by atoms with Gasteiger partial charge < -0.3 is 15.4 Å². The van der Waals surface area contributed by atoms with Crippen molar-refractivity contribution in [1.29, 1.82) is 0 Å². The summed E-state index contributed by atoms with van der Waals surface area (Å²) in [4.78, 5) is 40.2. The van der Waals surface area contributed by atoms with Gasteiger partial charge in [-0.3, -0.25) is 24.2 Å². The topological polar surface area (TPSA) is 134 Å². The molecule has 1 aromatic carbocycles. The first-order chi connectivity index (χ1) is 14.9. The monoisotopic (exact) mass is 426 g/mol. The van der Waals surface area contributed by atoms with Gasteiger partial charge in [0.2, 0.25) is 0 Å². The smallest absolute Gasteiger partial charge is 0.330 e. The highest BCUT2D eigenvalue weighted by Gasteiger charge is 2.20. The Morgan fingerprint density at radius 3 is 2.61 bits per heavy atom. The van der Waals surface area contributed by atoms with E-state index >= 15 is 0 Å². The van der Waals surface area contributed by atoms with E-state index in [1.54, 1.807) is 6.07 Å². The number of hydrogen-bond acceptors (Lipinski definition) is 6. The van der Waals surface area contributed by atoms with Crippen molar-refractivity contribution in [1.82, 2.24) is 19.7 Å². The number of ether oxygens (including phenoxy) is 1. The van der Waals surface area contributed by atoms with Crippen LogP contribution >= 0.6 is 0 Å². The van der Waals surface area contributed by atoms with Gasteiger partial charge in [-0.1, -0.05) is 44.2 Å². The first kappa shape index (κ1) is 22.0. The lowest BCUT2D eigenvalue weighted by molar-refractivity contribution is 0.102. The Morgan fingerprint density at radius 1 is 1.23 bits per heavy atom. The number of hydrogen-bond donors (Lipinski definition) is 4. The molecule has 0 atom stereocenters. The number of carbonyl (C=O) groups is 1. The van der Waals surface area contributed by atoms with Gasteiger partial charge in [0.25, 0.3) is 11.5 Å². The minimum atomic E-state index is -0.646. The summed E-state index contributed by atoms with van der Waals surface area (Å²) < 4.78 is 6.33. The van der Waals surface area contributed by atoms with Crippen LogP contribution in [0.15, 0.2) is 46.0 Å². The van der Waals surface area contributed by atoms with Crippen LogP contribution in [0.25, 0.3) is 0 Å². The number of benzene rings is 1. The van der Waals surface area contributed by atoms with Gasteiger partial charge in [0.15, 0.2) is 5.69 Å². The van der Waals surface area contributed by atoms with Gasteiger partial charge in [-0.15, -0.1) is 0 Å². The molecule has 0 saturated heterocycles. The first-order valence-corrected chi connectivity index (χ1v) is 9.91. The Bertz CT molecular complexity index is 1150. The molecule has 31 heavy (non-hydrogen) atoms. The van der Waals surface area contributed by atoms with Crippen LogP contribution in [0.3, 0.4) is 0 Å². The van der Waals surface area contributed by atoms with Gasteiger partial charge in [-0.05, 0) is 17.5 Å². The number of rotatable bonds is 9. The van der Waals surface area contributed by atoms with E-state index in [9.17, 15) is 14.4 Å². The van der Waals surface area contributed by atoms with Crippen molar-refractivity contribution in [3.63, 3.8) is 0 Å². The molecule has 10 nitrogen and oxygen atoms in total. The highest BCUT2D eigenvalue weighted by molar-refractivity contribution is 6.04. The Balaban J connectivity index is 1.98. The second kappa shape index (κ2) is 9.90. The zero-order valence-electron chi connectivity index (χ0n) is 17.7. The number of nitrogens with zero attached hydrogens (tertiary/aromatic N) is 2. The van der Waals surface area contributed by atoms with E-state index in [-0.39, 0.29) is 36.3 Å². The molecular formula is C21H26N6O4. The van der Waals surface area contributed by atoms with E-state index in [2.05, 4.69) is 25.8 Å². The van der Waals surface area contributed by atoms with Gasteiger partial charge in [0, 0.05) is 19.3 Å². The molecule has 0 aliphatic carbocycles. The number of carbonyl (C=O) groups excluding carboxylic acids is 1. The number of nitrogens with one attached hydrogen (secondary N) is 4. The van der Waals surface area contributed by atoms with Crippen molar-refractivity contribution >= 4 is 17.4 Å². The summed E-state index contributed by atoms with van der Waals surface area (Å²) in [6, 6.07) is 11.1. The number of anilines is 2. The second-order valence-electron chi connectivity index (χ2n) is 7.28. The number of methoxy groups -OCH3 is 1. The van der Waals surface area contributed by atoms with Crippen molar-refractivity contribution in [3.05, 3.63) is 74.2 Å². The SMILES string of the molecule is COCCn1c(NC(=O)c2cc(C(C)C)[nH]n2)c(NCc2ccccc2)c(=O)[nH]c1=O. The first-order valence-electron chi connectivity index (χ1n) is 9.91. The van der Waals surface area contributed by atoms with Gasteiger partial charge in [0.05, 0.1) is 13.2 Å². The van der Waals surface area contributed by atoms with Gasteiger partial charge in [-0.25, -0.2) is 4.79 Å². The van der Waals surface area contributed by atoms with E-state index in [1.807, 2.05) is 44.2 Å². The lowest BCUT2D eigenvalue weighted by Gasteiger charge is -2.17. The standard InChI is InChI=1S/C21H26N6O4/c1-13(2)15-11-16(26-25-15)19(28)23-18-17(22-12-14-7-5-4-6-8-14)20(29)24-21(30)27(18)9-10-31-3/h4-8,11,13,22H,9-10,12H2,1-3H3,(H,23,28)(H,25,26)(H,24,29,30). The molecular weight excluding hydrogens is 400 g/mol. The number of amides is 1. The number of aromatic amines is 2. The van der Waals surface area contributed by atoms with Crippen LogP contribution in [0.4, 0.5) is 11.5 Å². The zero-order valence-corrected chi connectivity index (χ0v) is 17.7. The van der Waals surface area contributed by atoms with E-state index in [4.69, 9.17) is 4.74 Å². The third kappa shape index (κ3) is 5.28. The fraction of sp³-hybridized carbons (Fsp3) is 0.333. The summed E-state index contributed by atoms with van der Waals surface area (Å²) in [6.45, 7) is 4.63. The van der Waals surface area contributed by atoms with E-state index < -0.39 is 17.2 Å². The van der Waals surface area contributed by atoms with Gasteiger partial charge >= 0.3 is 5.69 Å². The maximum absolute atomic E-state index is 12.8. The molecule has 1 amide bonds. The quantitative estimate of drug-likeness (QED) is 0.413. The molecule has 0 aliphatic heterocycles. The summed E-state index contributed by atoms with van der Waals surface area (Å²) in [5, 5.41) is 12.6. The highest BCUT2D eigenvalue weighted by atomic mass is 16.5. The zero-order chi connectivity index (χ0) is 22.4. The summed E-state index contributed by atoms with van der Waals surface area (Å²) in [6.07, 6.45) is 0. The normalized spacial score (nSPS) is 11.0. The van der Waals surface area contributed by atoms with Crippen LogP contribution in [-0.4, -0.2) is 39.4 Å². The molecule has 0 spiro atoms. The van der Waals surface area contributed by atoms with Crippen LogP contribution in [0.2, 0.25) is 0 Å². The molecule has 164 valence electrons. The lowest BCUT2D eigenvalue weighted by Crippen LogP contribution is -2.36. The van der Waals surface area contributed by atoms with Crippen LogP contribution in [0, 0.1) is 0 Å². The summed E-state index contributed by atoms with van der Waals surface area (Å²) in [5.74, 6) is -0.320. The molecule has 0 bridgehead atoms. The lowest BCUT2D eigenvalue weighted by atomic mass is 10.1. The molecule has 3 rings (SSSR count). The Hall–Kier alpha value is -3.66. The Labute approximate surface area is 178 Å². The molecule has 4 N–H and O–H groups in total. The predicted octanol–water partition coefficient (Wildman–Crippen LogP) is 1.89. The molecule has 10 heteroatoms. The average molecular weight is 426 g/mol. The van der Waals surface area contributed by atoms with Crippen molar-refractivity contribution in [2.24, 2.45) is 0 Å². The fourth-order valence-corrected chi connectivity index (χ4v) is 2.97. The predicted molar refractivity (Wildman–Crippen MR) is 118 cm³/mol. The van der Waals surface area contributed by atoms with Crippen LogP contribution < -0.4 is 21.9 Å². The largest absolute Gasteiger partial charge is 0.383 e. The van der Waals surface area contributed by atoms with Crippen LogP contribution in [0.5, 0.6) is 0 Å². The molecule has 2 aromatic heterocycles. The molecule has 0 saturated carbocycles. The third-order valence-electron chi connectivity index (χ3n) is 4.71. The van der Waals surface area contributed by atoms with Gasteiger partial charge in [0.1, 0.15) is 11.5 Å². The maximum atomic E-state index is 12.8. The van der Waals surface area contributed by atoms with Crippen molar-refractivity contribution < 1.29 is 9.53 Å². The Morgan fingerprint density at radius 2 is 1.97 bits per heavy atom. The molecule has 0 aliphatic rings. The van der Waals surface area contributed by atoms with E-state index in [0.29, 0.717) is 6.54 Å². The molecule has 3 aromatic rings. The Kier molecular flexibility index (Phi) is 7.03. The van der Waals surface area contributed by atoms with Gasteiger partial charge in [-0.2, -0.15) is 5.10 Å². The number of H-pyrrole nitrogens is 2. The van der Waals surface area contributed by atoms with Crippen molar-refractivity contribution in [3.8, 4) is 0 Å².